The monoisotopic (exact) mass is 297 g/mol. The van der Waals surface area contributed by atoms with E-state index in [2.05, 4.69) is 22.5 Å². The highest BCUT2D eigenvalue weighted by Crippen LogP contribution is 2.23. The van der Waals surface area contributed by atoms with Crippen molar-refractivity contribution in [1.29, 1.82) is 0 Å². The van der Waals surface area contributed by atoms with Gasteiger partial charge in [-0.15, -0.1) is 0 Å². The Labute approximate surface area is 126 Å². The molecule has 0 heterocycles. The van der Waals surface area contributed by atoms with E-state index < -0.39 is 0 Å². The van der Waals surface area contributed by atoms with Gasteiger partial charge in [-0.1, -0.05) is 37.1 Å². The highest BCUT2D eigenvalue weighted by Gasteiger charge is 2.07. The van der Waals surface area contributed by atoms with Gasteiger partial charge in [-0.25, -0.2) is 0 Å². The lowest BCUT2D eigenvalue weighted by atomic mass is 10.3. The van der Waals surface area contributed by atoms with Crippen LogP contribution in [0.2, 0.25) is 5.02 Å². The predicted molar refractivity (Wildman–Crippen MR) is 85.8 cm³/mol. The number of rotatable bonds is 7. The minimum Gasteiger partial charge on any atom is -0.487 e. The molecule has 0 aliphatic rings. The Morgan fingerprint density at radius 1 is 1.35 bits per heavy atom. The number of unbranched alkanes of at least 4 members (excludes halogenated alkanes) is 1. The van der Waals surface area contributed by atoms with Crippen LogP contribution < -0.4 is 15.4 Å². The number of hydrogen-bond acceptors (Lipinski definition) is 2. The van der Waals surface area contributed by atoms with E-state index in [0.29, 0.717) is 17.3 Å². The average molecular weight is 298 g/mol. The summed E-state index contributed by atoms with van der Waals surface area (Å²) in [5.41, 5.74) is 0. The smallest absolute Gasteiger partial charge is 0.191 e. The maximum Gasteiger partial charge on any atom is 0.191 e. The maximum absolute atomic E-state index is 6.06. The molecule has 0 saturated carbocycles. The predicted octanol–water partition coefficient (Wildman–Crippen LogP) is 3.07. The number of para-hydroxylation sites is 1. The topological polar surface area (TPSA) is 45.7 Å². The van der Waals surface area contributed by atoms with Crippen molar-refractivity contribution in [3.05, 3.63) is 29.3 Å². The van der Waals surface area contributed by atoms with Gasteiger partial charge in [0.15, 0.2) is 5.96 Å². The van der Waals surface area contributed by atoms with Crippen molar-refractivity contribution < 1.29 is 4.74 Å². The van der Waals surface area contributed by atoms with Crippen LogP contribution in [0.4, 0.5) is 0 Å². The van der Waals surface area contributed by atoms with Crippen LogP contribution in [0.15, 0.2) is 29.3 Å². The SMILES string of the molecule is CCCCNC(=NC)NCC(C)Oc1ccccc1Cl. The average Bonchev–Trinajstić information content (AvgIpc) is 2.45. The minimum atomic E-state index is -0.000347. The highest BCUT2D eigenvalue weighted by atomic mass is 35.5. The summed E-state index contributed by atoms with van der Waals surface area (Å²) < 4.78 is 5.79. The fourth-order valence-electron chi connectivity index (χ4n) is 1.64. The molecule has 1 rings (SSSR count). The molecule has 0 spiro atoms. The van der Waals surface area contributed by atoms with Crippen molar-refractivity contribution in [3.63, 3.8) is 0 Å². The Morgan fingerprint density at radius 2 is 2.10 bits per heavy atom. The van der Waals surface area contributed by atoms with Gasteiger partial charge in [0.2, 0.25) is 0 Å². The molecule has 4 nitrogen and oxygen atoms in total. The summed E-state index contributed by atoms with van der Waals surface area (Å²) >= 11 is 6.06. The largest absolute Gasteiger partial charge is 0.487 e. The molecule has 0 radical (unpaired) electrons. The molecule has 0 bridgehead atoms. The zero-order valence-corrected chi connectivity index (χ0v) is 13.2. The van der Waals surface area contributed by atoms with Gasteiger partial charge in [-0.3, -0.25) is 4.99 Å². The molecule has 5 heteroatoms. The molecule has 0 fully saturated rings. The van der Waals surface area contributed by atoms with Crippen molar-refractivity contribution in [2.75, 3.05) is 20.1 Å². The molecule has 1 aromatic rings. The third-order valence-corrected chi connectivity index (χ3v) is 3.08. The van der Waals surface area contributed by atoms with E-state index in [-0.39, 0.29) is 6.10 Å². The normalized spacial score (nSPS) is 12.9. The summed E-state index contributed by atoms with van der Waals surface area (Å²) in [6.07, 6.45) is 2.29. The molecule has 0 aromatic heterocycles. The van der Waals surface area contributed by atoms with Crippen LogP contribution in [0.3, 0.4) is 0 Å². The zero-order chi connectivity index (χ0) is 14.8. The molecule has 1 unspecified atom stereocenters. The van der Waals surface area contributed by atoms with Gasteiger partial charge in [-0.05, 0) is 25.5 Å². The molecule has 0 saturated heterocycles. The summed E-state index contributed by atoms with van der Waals surface area (Å²) in [6, 6.07) is 7.49. The standard InChI is InChI=1S/C15H24ClN3O/c1-4-5-10-18-15(17-3)19-11-12(2)20-14-9-7-6-8-13(14)16/h6-9,12H,4-5,10-11H2,1-3H3,(H2,17,18,19). The van der Waals surface area contributed by atoms with Crippen LogP contribution in [0, 0.1) is 0 Å². The third-order valence-electron chi connectivity index (χ3n) is 2.77. The Morgan fingerprint density at radius 3 is 2.75 bits per heavy atom. The fraction of sp³-hybridized carbons (Fsp3) is 0.533. The molecule has 2 N–H and O–H groups in total. The summed E-state index contributed by atoms with van der Waals surface area (Å²) in [4.78, 5) is 4.17. The van der Waals surface area contributed by atoms with Gasteiger partial charge in [0.05, 0.1) is 11.6 Å². The number of halogens is 1. The number of aliphatic imine (C=N–C) groups is 1. The molecule has 0 amide bonds. The fourth-order valence-corrected chi connectivity index (χ4v) is 1.82. The summed E-state index contributed by atoms with van der Waals surface area (Å²) in [7, 11) is 1.76. The molecular weight excluding hydrogens is 274 g/mol. The van der Waals surface area contributed by atoms with Crippen LogP contribution in [-0.2, 0) is 0 Å². The molecule has 20 heavy (non-hydrogen) atoms. The molecule has 112 valence electrons. The lowest BCUT2D eigenvalue weighted by Crippen LogP contribution is -2.42. The first kappa shape index (κ1) is 16.6. The van der Waals surface area contributed by atoms with E-state index in [4.69, 9.17) is 16.3 Å². The third kappa shape index (κ3) is 6.15. The van der Waals surface area contributed by atoms with Crippen molar-refractivity contribution in [2.45, 2.75) is 32.8 Å². The second kappa shape index (κ2) is 9.48. The molecule has 0 aliphatic heterocycles. The van der Waals surface area contributed by atoms with E-state index in [9.17, 15) is 0 Å². The van der Waals surface area contributed by atoms with Gasteiger partial charge in [0.1, 0.15) is 11.9 Å². The van der Waals surface area contributed by atoms with E-state index in [1.165, 1.54) is 0 Å². The Hall–Kier alpha value is -1.42. The van der Waals surface area contributed by atoms with Gasteiger partial charge in [-0.2, -0.15) is 0 Å². The number of benzene rings is 1. The van der Waals surface area contributed by atoms with Crippen molar-refractivity contribution in [3.8, 4) is 5.75 Å². The van der Waals surface area contributed by atoms with E-state index >= 15 is 0 Å². The van der Waals surface area contributed by atoms with Gasteiger partial charge in [0.25, 0.3) is 0 Å². The second-order valence-corrected chi connectivity index (χ2v) is 5.00. The second-order valence-electron chi connectivity index (χ2n) is 4.59. The number of guanidine groups is 1. The van der Waals surface area contributed by atoms with E-state index in [1.807, 2.05) is 31.2 Å². The summed E-state index contributed by atoms with van der Waals surface area (Å²) in [6.45, 7) is 5.75. The zero-order valence-electron chi connectivity index (χ0n) is 12.4. The Bertz CT molecular complexity index is 423. The number of nitrogens with one attached hydrogen (secondary N) is 2. The minimum absolute atomic E-state index is 0.000347. The highest BCUT2D eigenvalue weighted by molar-refractivity contribution is 6.32. The number of nitrogens with zero attached hydrogens (tertiary/aromatic N) is 1. The first-order chi connectivity index (χ1) is 9.67. The number of hydrogen-bond donors (Lipinski definition) is 2. The summed E-state index contributed by atoms with van der Waals surface area (Å²) in [5, 5.41) is 7.13. The van der Waals surface area contributed by atoms with E-state index in [0.717, 1.165) is 25.3 Å². The lowest BCUT2D eigenvalue weighted by Gasteiger charge is -2.18. The Kier molecular flexibility index (Phi) is 7.88. The molecule has 1 atom stereocenters. The van der Waals surface area contributed by atoms with Crippen LogP contribution in [0.5, 0.6) is 5.75 Å². The van der Waals surface area contributed by atoms with Gasteiger partial charge in [0, 0.05) is 13.6 Å². The van der Waals surface area contributed by atoms with Gasteiger partial charge >= 0.3 is 0 Å². The van der Waals surface area contributed by atoms with Crippen LogP contribution in [-0.4, -0.2) is 32.2 Å². The van der Waals surface area contributed by atoms with E-state index in [1.54, 1.807) is 7.05 Å². The Balaban J connectivity index is 2.35. The molecule has 0 aliphatic carbocycles. The molecular formula is C15H24ClN3O. The first-order valence-corrected chi connectivity index (χ1v) is 7.40. The van der Waals surface area contributed by atoms with Crippen LogP contribution in [0.25, 0.3) is 0 Å². The first-order valence-electron chi connectivity index (χ1n) is 7.03. The van der Waals surface area contributed by atoms with Crippen molar-refractivity contribution in [1.82, 2.24) is 10.6 Å². The van der Waals surface area contributed by atoms with Crippen molar-refractivity contribution >= 4 is 17.6 Å². The molecule has 1 aromatic carbocycles. The number of ether oxygens (including phenoxy) is 1. The van der Waals surface area contributed by atoms with Crippen LogP contribution in [0.1, 0.15) is 26.7 Å². The lowest BCUT2D eigenvalue weighted by molar-refractivity contribution is 0.224. The van der Waals surface area contributed by atoms with Crippen molar-refractivity contribution in [2.24, 2.45) is 4.99 Å². The van der Waals surface area contributed by atoms with Crippen LogP contribution >= 0.6 is 11.6 Å². The quantitative estimate of drug-likeness (QED) is 0.462. The van der Waals surface area contributed by atoms with Gasteiger partial charge < -0.3 is 15.4 Å². The maximum atomic E-state index is 6.06. The summed E-state index contributed by atoms with van der Waals surface area (Å²) in [5.74, 6) is 1.51.